The first-order valence-electron chi connectivity index (χ1n) is 4.70. The van der Waals surface area contributed by atoms with Gasteiger partial charge < -0.3 is 4.74 Å². The van der Waals surface area contributed by atoms with Gasteiger partial charge in [-0.05, 0) is 18.8 Å². The van der Waals surface area contributed by atoms with Crippen LogP contribution in [0.3, 0.4) is 0 Å². The van der Waals surface area contributed by atoms with Crippen LogP contribution in [0.15, 0.2) is 0 Å². The van der Waals surface area contributed by atoms with Crippen LogP contribution in [-0.4, -0.2) is 38.9 Å². The van der Waals surface area contributed by atoms with Crippen molar-refractivity contribution in [2.24, 2.45) is 5.92 Å². The molecule has 1 atom stereocenters. The van der Waals surface area contributed by atoms with Crippen molar-refractivity contribution in [1.29, 1.82) is 0 Å². The SMILES string of the molecule is COC(=O)CC1CCCN(S(=O)(=O)Cl)C1. The number of rotatable bonds is 3. The van der Waals surface area contributed by atoms with Crippen molar-refractivity contribution in [2.45, 2.75) is 19.3 Å². The van der Waals surface area contributed by atoms with Crippen LogP contribution >= 0.6 is 10.7 Å². The van der Waals surface area contributed by atoms with Gasteiger partial charge in [-0.15, -0.1) is 0 Å². The number of ether oxygens (including phenoxy) is 1. The van der Waals surface area contributed by atoms with Crippen LogP contribution < -0.4 is 0 Å². The summed E-state index contributed by atoms with van der Waals surface area (Å²) in [5, 5.41) is 0. The van der Waals surface area contributed by atoms with E-state index in [2.05, 4.69) is 4.74 Å². The predicted molar refractivity (Wildman–Crippen MR) is 55.7 cm³/mol. The first-order chi connectivity index (χ1) is 6.93. The van der Waals surface area contributed by atoms with Crippen molar-refractivity contribution < 1.29 is 17.9 Å². The molecule has 0 bridgehead atoms. The Hall–Kier alpha value is -0.330. The third-order valence-electron chi connectivity index (χ3n) is 2.47. The maximum Gasteiger partial charge on any atom is 0.305 e. The van der Waals surface area contributed by atoms with E-state index in [1.165, 1.54) is 11.4 Å². The van der Waals surface area contributed by atoms with E-state index >= 15 is 0 Å². The van der Waals surface area contributed by atoms with Crippen molar-refractivity contribution in [3.05, 3.63) is 0 Å². The van der Waals surface area contributed by atoms with Gasteiger partial charge in [0, 0.05) is 30.2 Å². The second kappa shape index (κ2) is 5.14. The number of piperidine rings is 1. The van der Waals surface area contributed by atoms with E-state index in [0.717, 1.165) is 12.8 Å². The Morgan fingerprint density at radius 1 is 1.60 bits per heavy atom. The lowest BCUT2D eigenvalue weighted by atomic mass is 9.96. The molecule has 0 saturated carbocycles. The topological polar surface area (TPSA) is 63.7 Å². The molecule has 0 radical (unpaired) electrons. The molecule has 15 heavy (non-hydrogen) atoms. The quantitative estimate of drug-likeness (QED) is 0.551. The van der Waals surface area contributed by atoms with Gasteiger partial charge in [-0.25, -0.2) is 0 Å². The molecule has 0 aromatic rings. The highest BCUT2D eigenvalue weighted by Gasteiger charge is 2.28. The molecule has 7 heteroatoms. The van der Waals surface area contributed by atoms with Crippen LogP contribution in [0.25, 0.3) is 0 Å². The molecular weight excluding hydrogens is 242 g/mol. The average Bonchev–Trinajstić information content (AvgIpc) is 2.17. The fraction of sp³-hybridized carbons (Fsp3) is 0.875. The molecule has 0 aliphatic carbocycles. The van der Waals surface area contributed by atoms with Crippen LogP contribution in [0, 0.1) is 5.92 Å². The molecule has 0 aromatic heterocycles. The molecular formula is C8H14ClNO4S. The zero-order chi connectivity index (χ0) is 11.5. The van der Waals surface area contributed by atoms with E-state index < -0.39 is 9.24 Å². The zero-order valence-corrected chi connectivity index (χ0v) is 10.1. The highest BCUT2D eigenvalue weighted by Crippen LogP contribution is 2.23. The molecule has 1 heterocycles. The minimum Gasteiger partial charge on any atom is -0.469 e. The van der Waals surface area contributed by atoms with E-state index in [0.29, 0.717) is 13.1 Å². The van der Waals surface area contributed by atoms with Gasteiger partial charge in [0.25, 0.3) is 9.24 Å². The fourth-order valence-corrected chi connectivity index (χ4v) is 2.82. The fourth-order valence-electron chi connectivity index (χ4n) is 1.71. The number of hydrogen-bond donors (Lipinski definition) is 0. The molecule has 1 aliphatic heterocycles. The smallest absolute Gasteiger partial charge is 0.305 e. The molecule has 1 fully saturated rings. The highest BCUT2D eigenvalue weighted by molar-refractivity contribution is 8.11. The Morgan fingerprint density at radius 3 is 2.80 bits per heavy atom. The van der Waals surface area contributed by atoms with Crippen molar-refractivity contribution in [1.82, 2.24) is 4.31 Å². The summed E-state index contributed by atoms with van der Waals surface area (Å²) >= 11 is 0. The van der Waals surface area contributed by atoms with E-state index in [9.17, 15) is 13.2 Å². The molecule has 5 nitrogen and oxygen atoms in total. The molecule has 1 unspecified atom stereocenters. The van der Waals surface area contributed by atoms with Crippen LogP contribution in [0.2, 0.25) is 0 Å². The summed E-state index contributed by atoms with van der Waals surface area (Å²) in [4.78, 5) is 11.0. The van der Waals surface area contributed by atoms with Gasteiger partial charge >= 0.3 is 5.97 Å². The van der Waals surface area contributed by atoms with Gasteiger partial charge in [0.1, 0.15) is 0 Å². The van der Waals surface area contributed by atoms with E-state index in [-0.39, 0.29) is 18.3 Å². The molecule has 0 N–H and O–H groups in total. The van der Waals surface area contributed by atoms with Gasteiger partial charge in [0.05, 0.1) is 7.11 Å². The monoisotopic (exact) mass is 255 g/mol. The van der Waals surface area contributed by atoms with Gasteiger partial charge in [-0.3, -0.25) is 4.79 Å². The predicted octanol–water partition coefficient (Wildman–Crippen LogP) is 0.745. The number of esters is 1. The number of methoxy groups -OCH3 is 1. The summed E-state index contributed by atoms with van der Waals surface area (Å²) in [5.74, 6) is -0.298. The van der Waals surface area contributed by atoms with Crippen molar-refractivity contribution in [3.8, 4) is 0 Å². The Balaban J connectivity index is 2.53. The molecule has 0 spiro atoms. The highest BCUT2D eigenvalue weighted by atomic mass is 35.7. The van der Waals surface area contributed by atoms with Crippen molar-refractivity contribution in [2.75, 3.05) is 20.2 Å². The van der Waals surface area contributed by atoms with Crippen molar-refractivity contribution in [3.63, 3.8) is 0 Å². The number of halogens is 1. The Kier molecular flexibility index (Phi) is 4.36. The van der Waals surface area contributed by atoms with E-state index in [1.807, 2.05) is 0 Å². The Labute approximate surface area is 93.9 Å². The van der Waals surface area contributed by atoms with Crippen molar-refractivity contribution >= 4 is 25.9 Å². The molecule has 1 rings (SSSR count). The van der Waals surface area contributed by atoms with E-state index in [1.54, 1.807) is 0 Å². The average molecular weight is 256 g/mol. The van der Waals surface area contributed by atoms with Crippen LogP contribution in [0.4, 0.5) is 0 Å². The van der Waals surface area contributed by atoms with Gasteiger partial charge in [0.2, 0.25) is 0 Å². The number of hydrogen-bond acceptors (Lipinski definition) is 4. The third kappa shape index (κ3) is 3.96. The molecule has 88 valence electrons. The lowest BCUT2D eigenvalue weighted by molar-refractivity contribution is -0.142. The summed E-state index contributed by atoms with van der Waals surface area (Å²) in [6, 6.07) is 0. The van der Waals surface area contributed by atoms with Gasteiger partial charge in [-0.2, -0.15) is 12.7 Å². The lowest BCUT2D eigenvalue weighted by Crippen LogP contribution is -2.38. The number of carbonyl (C=O) groups excluding carboxylic acids is 1. The minimum absolute atomic E-state index is 0.0136. The second-order valence-electron chi connectivity index (χ2n) is 3.59. The molecule has 0 amide bonds. The maximum atomic E-state index is 11.1. The summed E-state index contributed by atoms with van der Waals surface area (Å²) in [6.07, 6.45) is 1.81. The summed E-state index contributed by atoms with van der Waals surface area (Å²) in [6.45, 7) is 0.741. The van der Waals surface area contributed by atoms with Crippen LogP contribution in [0.5, 0.6) is 0 Å². The first kappa shape index (κ1) is 12.7. The Morgan fingerprint density at radius 2 is 2.27 bits per heavy atom. The number of nitrogens with zero attached hydrogens (tertiary/aromatic N) is 1. The zero-order valence-electron chi connectivity index (χ0n) is 8.48. The Bertz CT molecular complexity index is 330. The summed E-state index contributed by atoms with van der Waals surface area (Å²) in [7, 11) is 2.90. The van der Waals surface area contributed by atoms with Crippen LogP contribution in [-0.2, 0) is 18.8 Å². The first-order valence-corrected chi connectivity index (χ1v) is 6.96. The van der Waals surface area contributed by atoms with Crippen LogP contribution in [0.1, 0.15) is 19.3 Å². The largest absolute Gasteiger partial charge is 0.469 e. The summed E-state index contributed by atoms with van der Waals surface area (Å²) in [5.41, 5.74) is 0. The third-order valence-corrected chi connectivity index (χ3v) is 4.01. The standard InChI is InChI=1S/C8H14ClNO4S/c1-14-8(11)5-7-3-2-4-10(6-7)15(9,12)13/h7H,2-6H2,1H3. The molecule has 1 aliphatic rings. The number of carbonyl (C=O) groups is 1. The second-order valence-corrected chi connectivity index (χ2v) is 6.10. The minimum atomic E-state index is -3.65. The van der Waals surface area contributed by atoms with E-state index in [4.69, 9.17) is 10.7 Å². The van der Waals surface area contributed by atoms with Gasteiger partial charge in [0.15, 0.2) is 0 Å². The maximum absolute atomic E-state index is 11.1. The normalized spacial score (nSPS) is 23.7. The molecule has 0 aromatic carbocycles. The molecule has 1 saturated heterocycles. The summed E-state index contributed by atoms with van der Waals surface area (Å²) < 4.78 is 27.9. The van der Waals surface area contributed by atoms with Gasteiger partial charge in [-0.1, -0.05) is 0 Å². The lowest BCUT2D eigenvalue weighted by Gasteiger charge is -2.29.